The van der Waals surface area contributed by atoms with Crippen LogP contribution in [-0.2, 0) is 6.54 Å². The summed E-state index contributed by atoms with van der Waals surface area (Å²) in [5.41, 5.74) is 2.60. The van der Waals surface area contributed by atoms with Gasteiger partial charge in [0.05, 0.1) is 22.1 Å². The fraction of sp³-hybridized carbons (Fsp3) is 0.211. The number of carboxylic acid groups (broad SMARTS) is 1. The Morgan fingerprint density at radius 3 is 2.64 bits per heavy atom. The van der Waals surface area contributed by atoms with Crippen LogP contribution in [0.3, 0.4) is 0 Å². The molecule has 0 bridgehead atoms. The van der Waals surface area contributed by atoms with Crippen LogP contribution in [-0.4, -0.2) is 25.0 Å². The SMILES string of the molecule is CC(C)Cn1c(=O)n2c3ccccc3nc2c2ccc(C(=O)O)cc21. The third kappa shape index (κ3) is 2.29. The summed E-state index contributed by atoms with van der Waals surface area (Å²) in [5, 5.41) is 10.1. The minimum absolute atomic E-state index is 0.157. The van der Waals surface area contributed by atoms with E-state index in [1.807, 2.05) is 38.1 Å². The molecule has 2 heterocycles. The first-order chi connectivity index (χ1) is 12.0. The number of carboxylic acids is 1. The molecule has 1 N–H and O–H groups in total. The summed E-state index contributed by atoms with van der Waals surface area (Å²) in [5.74, 6) is -0.777. The second-order valence-electron chi connectivity index (χ2n) is 6.58. The summed E-state index contributed by atoms with van der Waals surface area (Å²) >= 11 is 0. The van der Waals surface area contributed by atoms with E-state index in [2.05, 4.69) is 4.98 Å². The Balaban J connectivity index is 2.24. The molecule has 126 valence electrons. The number of fused-ring (bicyclic) bond motifs is 5. The molecule has 0 aliphatic carbocycles. The molecule has 0 spiro atoms. The number of rotatable bonds is 3. The monoisotopic (exact) mass is 335 g/mol. The number of nitrogens with zero attached hydrogens (tertiary/aromatic N) is 3. The Labute approximate surface area is 143 Å². The Kier molecular flexibility index (Phi) is 3.35. The highest BCUT2D eigenvalue weighted by Gasteiger charge is 2.17. The molecule has 0 amide bonds. The molecule has 0 unspecified atom stereocenters. The molecule has 0 radical (unpaired) electrons. The van der Waals surface area contributed by atoms with Gasteiger partial charge in [-0.25, -0.2) is 19.0 Å². The van der Waals surface area contributed by atoms with Crippen LogP contribution < -0.4 is 5.69 Å². The van der Waals surface area contributed by atoms with Crippen molar-refractivity contribution in [1.82, 2.24) is 14.0 Å². The van der Waals surface area contributed by atoms with Gasteiger partial charge in [-0.2, -0.15) is 0 Å². The molecule has 2 aromatic heterocycles. The first-order valence-corrected chi connectivity index (χ1v) is 8.14. The van der Waals surface area contributed by atoms with Crippen molar-refractivity contribution in [2.75, 3.05) is 0 Å². The molecule has 0 saturated heterocycles. The van der Waals surface area contributed by atoms with Crippen LogP contribution in [0, 0.1) is 5.92 Å². The van der Waals surface area contributed by atoms with Gasteiger partial charge >= 0.3 is 11.7 Å². The summed E-state index contributed by atoms with van der Waals surface area (Å²) in [4.78, 5) is 29.1. The summed E-state index contributed by atoms with van der Waals surface area (Å²) in [6, 6.07) is 12.3. The zero-order chi connectivity index (χ0) is 17.7. The number of aromatic nitrogens is 3. The van der Waals surface area contributed by atoms with Gasteiger partial charge in [0.25, 0.3) is 0 Å². The van der Waals surface area contributed by atoms with Crippen LogP contribution in [0.2, 0.25) is 0 Å². The summed E-state index contributed by atoms with van der Waals surface area (Å²) < 4.78 is 3.26. The van der Waals surface area contributed by atoms with Crippen molar-refractivity contribution >= 4 is 33.6 Å². The second-order valence-corrected chi connectivity index (χ2v) is 6.58. The van der Waals surface area contributed by atoms with Crippen molar-refractivity contribution in [2.24, 2.45) is 5.92 Å². The Hall–Kier alpha value is -3.15. The molecule has 4 rings (SSSR count). The van der Waals surface area contributed by atoms with Crippen molar-refractivity contribution in [2.45, 2.75) is 20.4 Å². The van der Waals surface area contributed by atoms with Gasteiger partial charge in [-0.15, -0.1) is 0 Å². The summed E-state index contributed by atoms with van der Waals surface area (Å²) in [7, 11) is 0. The second kappa shape index (κ2) is 5.44. The predicted molar refractivity (Wildman–Crippen MR) is 96.3 cm³/mol. The zero-order valence-corrected chi connectivity index (χ0v) is 13.9. The summed E-state index contributed by atoms with van der Waals surface area (Å²) in [6.07, 6.45) is 0. The number of hydrogen-bond donors (Lipinski definition) is 1. The van der Waals surface area contributed by atoms with E-state index in [1.165, 1.54) is 0 Å². The topological polar surface area (TPSA) is 76.6 Å². The molecule has 25 heavy (non-hydrogen) atoms. The van der Waals surface area contributed by atoms with Crippen molar-refractivity contribution in [3.63, 3.8) is 0 Å². The Morgan fingerprint density at radius 2 is 1.92 bits per heavy atom. The van der Waals surface area contributed by atoms with Crippen LogP contribution in [0.15, 0.2) is 47.3 Å². The van der Waals surface area contributed by atoms with Gasteiger partial charge in [-0.3, -0.25) is 4.57 Å². The van der Waals surface area contributed by atoms with Gasteiger partial charge in [0.15, 0.2) is 5.65 Å². The Morgan fingerprint density at radius 1 is 1.16 bits per heavy atom. The molecule has 0 saturated carbocycles. The van der Waals surface area contributed by atoms with Crippen LogP contribution in [0.4, 0.5) is 0 Å². The Bertz CT molecular complexity index is 1200. The fourth-order valence-corrected chi connectivity index (χ4v) is 3.24. The van der Waals surface area contributed by atoms with Gasteiger partial charge in [-0.1, -0.05) is 26.0 Å². The van der Waals surface area contributed by atoms with Crippen molar-refractivity contribution < 1.29 is 9.90 Å². The van der Waals surface area contributed by atoms with Crippen molar-refractivity contribution in [3.05, 3.63) is 58.5 Å². The van der Waals surface area contributed by atoms with E-state index in [0.717, 1.165) is 16.4 Å². The summed E-state index contributed by atoms with van der Waals surface area (Å²) in [6.45, 7) is 4.55. The lowest BCUT2D eigenvalue weighted by Gasteiger charge is -2.14. The molecule has 4 aromatic rings. The van der Waals surface area contributed by atoms with E-state index in [1.54, 1.807) is 27.2 Å². The van der Waals surface area contributed by atoms with Crippen LogP contribution >= 0.6 is 0 Å². The average Bonchev–Trinajstić information content (AvgIpc) is 2.97. The molecule has 0 atom stereocenters. The largest absolute Gasteiger partial charge is 0.478 e. The van der Waals surface area contributed by atoms with Crippen LogP contribution in [0.25, 0.3) is 27.6 Å². The van der Waals surface area contributed by atoms with Gasteiger partial charge in [0, 0.05) is 11.9 Å². The number of para-hydroxylation sites is 2. The molecule has 6 heteroatoms. The third-order valence-corrected chi connectivity index (χ3v) is 4.31. The minimum atomic E-state index is -1.01. The fourth-order valence-electron chi connectivity index (χ4n) is 3.24. The first kappa shape index (κ1) is 15.4. The molecule has 0 aliphatic rings. The number of benzene rings is 2. The highest BCUT2D eigenvalue weighted by Crippen LogP contribution is 2.24. The first-order valence-electron chi connectivity index (χ1n) is 8.14. The number of aromatic carboxylic acids is 1. The lowest BCUT2D eigenvalue weighted by atomic mass is 10.1. The minimum Gasteiger partial charge on any atom is -0.478 e. The van der Waals surface area contributed by atoms with E-state index in [4.69, 9.17) is 0 Å². The zero-order valence-electron chi connectivity index (χ0n) is 13.9. The van der Waals surface area contributed by atoms with Gasteiger partial charge in [0.1, 0.15) is 0 Å². The molecule has 0 aliphatic heterocycles. The molecular weight excluding hydrogens is 318 g/mol. The smallest absolute Gasteiger partial charge is 0.335 e. The maximum Gasteiger partial charge on any atom is 0.335 e. The quantitative estimate of drug-likeness (QED) is 0.624. The number of hydrogen-bond acceptors (Lipinski definition) is 3. The van der Waals surface area contributed by atoms with Gasteiger partial charge in [0.2, 0.25) is 0 Å². The van der Waals surface area contributed by atoms with Gasteiger partial charge < -0.3 is 5.11 Å². The molecule has 2 aromatic carbocycles. The molecule has 0 fully saturated rings. The number of imidazole rings is 1. The number of carbonyl (C=O) groups is 1. The van der Waals surface area contributed by atoms with Crippen molar-refractivity contribution in [1.29, 1.82) is 0 Å². The normalized spacial score (nSPS) is 11.8. The maximum atomic E-state index is 13.2. The van der Waals surface area contributed by atoms with Gasteiger partial charge in [-0.05, 0) is 36.2 Å². The highest BCUT2D eigenvalue weighted by molar-refractivity contribution is 6.00. The van der Waals surface area contributed by atoms with E-state index >= 15 is 0 Å². The van der Waals surface area contributed by atoms with Crippen LogP contribution in [0.5, 0.6) is 0 Å². The highest BCUT2D eigenvalue weighted by atomic mass is 16.4. The average molecular weight is 335 g/mol. The van der Waals surface area contributed by atoms with Crippen molar-refractivity contribution in [3.8, 4) is 0 Å². The standard InChI is InChI=1S/C19H17N3O3/c1-11(2)10-21-16-9-12(18(23)24)7-8-13(16)17-20-14-5-3-4-6-15(14)22(17)19(21)25/h3-9,11H,10H2,1-2H3,(H,23,24). The maximum absolute atomic E-state index is 13.2. The molecule has 6 nitrogen and oxygen atoms in total. The van der Waals surface area contributed by atoms with E-state index < -0.39 is 5.97 Å². The third-order valence-electron chi connectivity index (χ3n) is 4.31. The predicted octanol–water partition coefficient (Wildman–Crippen LogP) is 3.16. The lowest BCUT2D eigenvalue weighted by molar-refractivity contribution is 0.0697. The van der Waals surface area contributed by atoms with E-state index in [0.29, 0.717) is 17.7 Å². The van der Waals surface area contributed by atoms with E-state index in [9.17, 15) is 14.7 Å². The van der Waals surface area contributed by atoms with Crippen LogP contribution in [0.1, 0.15) is 24.2 Å². The molecular formula is C19H17N3O3. The van der Waals surface area contributed by atoms with E-state index in [-0.39, 0.29) is 17.2 Å². The lowest BCUT2D eigenvalue weighted by Crippen LogP contribution is -2.28.